The molecule has 31 nitrogen and oxygen atoms in total. The van der Waals surface area contributed by atoms with E-state index in [1.807, 2.05) is 36.5 Å². The highest BCUT2D eigenvalue weighted by atomic mass is 32.2. The second-order valence-electron chi connectivity index (χ2n) is 27.1. The molecule has 106 heavy (non-hydrogen) atoms. The number of phenolic OH excluding ortho intramolecular Hbond substituents is 2. The van der Waals surface area contributed by atoms with Crippen molar-refractivity contribution >= 4 is 98.8 Å². The predicted octanol–water partition coefficient (Wildman–Crippen LogP) is 3.06. The molecule has 0 radical (unpaired) electrons. The third-order valence-corrected chi connectivity index (χ3v) is 23.4. The number of aliphatic hydroxyl groups is 1. The highest BCUT2D eigenvalue weighted by Gasteiger charge is 2.55. The SMILES string of the molecule is COc1cccc2c1C(=O)c1c(O)c3c(c(O)c1C2=O)C[C@@](O)(c1csc(CN(C)C(=O)CNC(=O)CNC(=O)CNC(=O)CNC(=O)CNC(=O)CCOCCOCCNC(=O)c2ccc4nc5c(nc4c2)CSC2CCCCCCC(C2)SC5)n1)C[C@@H]3O[C@H]1C[C@H]2[C@H](O[C@@H]3[C@@H](OC)OCCN32)[C@H](C)O1. The van der Waals surface area contributed by atoms with Crippen molar-refractivity contribution in [3.8, 4) is 17.2 Å². The van der Waals surface area contributed by atoms with E-state index in [9.17, 15) is 58.5 Å². The monoisotopic (exact) mass is 1520 g/mol. The van der Waals surface area contributed by atoms with Crippen molar-refractivity contribution in [2.75, 3.05) is 100 Å². The quantitative estimate of drug-likeness (QED) is 0.0264. The molecule has 570 valence electrons. The number of hydrogen-bond acceptors (Lipinski definition) is 27. The van der Waals surface area contributed by atoms with Gasteiger partial charge in [-0.15, -0.1) is 11.3 Å². The van der Waals surface area contributed by atoms with Crippen LogP contribution in [0.15, 0.2) is 41.8 Å². The molecule has 34 heteroatoms. The van der Waals surface area contributed by atoms with Crippen molar-refractivity contribution in [3.63, 3.8) is 0 Å². The fourth-order valence-corrected chi connectivity index (χ4v) is 18.1. The van der Waals surface area contributed by atoms with Crippen LogP contribution in [0.3, 0.4) is 0 Å². The lowest BCUT2D eigenvalue weighted by Crippen LogP contribution is -2.55. The molecular formula is C72H89N11O20S3. The Morgan fingerprint density at radius 3 is 2.06 bits per heavy atom. The molecule has 4 aliphatic heterocycles. The molecule has 2 unspecified atom stereocenters. The average Bonchev–Trinajstić information content (AvgIpc) is 0.747. The molecule has 3 saturated heterocycles. The Labute approximate surface area is 623 Å². The van der Waals surface area contributed by atoms with E-state index in [-0.39, 0.29) is 104 Å². The number of amides is 7. The van der Waals surface area contributed by atoms with Crippen molar-refractivity contribution in [1.29, 1.82) is 0 Å². The van der Waals surface area contributed by atoms with Gasteiger partial charge < -0.3 is 90.0 Å². The number of ether oxygens (including phenoxy) is 8. The van der Waals surface area contributed by atoms with Crippen molar-refractivity contribution in [2.24, 2.45) is 0 Å². The largest absolute Gasteiger partial charge is 0.507 e. The molecule has 9 N–H and O–H groups in total. The lowest BCUT2D eigenvalue weighted by Gasteiger charge is -2.43. The Hall–Kier alpha value is -8.00. The van der Waals surface area contributed by atoms with Crippen LogP contribution in [0, 0.1) is 0 Å². The van der Waals surface area contributed by atoms with Gasteiger partial charge in [-0.25, -0.2) is 15.0 Å². The highest BCUT2D eigenvalue weighted by molar-refractivity contribution is 8.00. The molecular weight excluding hydrogens is 1440 g/mol. The first kappa shape index (κ1) is 77.6. The zero-order chi connectivity index (χ0) is 74.8. The topological polar surface area (TPSA) is 405 Å². The molecule has 2 bridgehead atoms. The number of fused-ring (bicyclic) bond motifs is 10. The van der Waals surface area contributed by atoms with Gasteiger partial charge in [0.05, 0.1) is 136 Å². The van der Waals surface area contributed by atoms with Gasteiger partial charge in [-0.3, -0.25) is 48.1 Å². The van der Waals surface area contributed by atoms with Gasteiger partial charge in [-0.2, -0.15) is 23.5 Å². The summed E-state index contributed by atoms with van der Waals surface area (Å²) >= 11 is 5.12. The molecule has 12 rings (SSSR count). The van der Waals surface area contributed by atoms with Gasteiger partial charge in [0.25, 0.3) is 5.91 Å². The number of aromatic nitrogens is 3. The van der Waals surface area contributed by atoms with Gasteiger partial charge >= 0.3 is 0 Å². The van der Waals surface area contributed by atoms with Crippen LogP contribution >= 0.6 is 34.9 Å². The number of nitrogens with one attached hydrogen (secondary N) is 6. The third kappa shape index (κ3) is 18.2. The first-order chi connectivity index (χ1) is 51.2. The number of morpholine rings is 1. The van der Waals surface area contributed by atoms with E-state index in [0.29, 0.717) is 39.7 Å². The lowest BCUT2D eigenvalue weighted by atomic mass is 9.72. The summed E-state index contributed by atoms with van der Waals surface area (Å²) in [6, 6.07) is 9.63. The number of hydrogen-bond donors (Lipinski definition) is 9. The predicted molar refractivity (Wildman–Crippen MR) is 385 cm³/mol. The summed E-state index contributed by atoms with van der Waals surface area (Å²) in [5.74, 6) is -5.18. The number of ketones is 2. The smallest absolute Gasteiger partial charge is 0.251 e. The number of aromatic hydroxyl groups is 2. The first-order valence-corrected chi connectivity index (χ1v) is 38.6. The van der Waals surface area contributed by atoms with E-state index >= 15 is 0 Å². The number of likely N-dealkylation sites (N-methyl/N-ethyl adjacent to an activating group) is 1. The average molecular weight is 1520 g/mol. The number of nitrogens with zero attached hydrogens (tertiary/aromatic N) is 5. The van der Waals surface area contributed by atoms with E-state index < -0.39 is 152 Å². The first-order valence-electron chi connectivity index (χ1n) is 35.6. The summed E-state index contributed by atoms with van der Waals surface area (Å²) in [5, 5.41) is 55.2. The minimum Gasteiger partial charge on any atom is -0.507 e. The maximum absolute atomic E-state index is 14.4. The van der Waals surface area contributed by atoms with Gasteiger partial charge in [0, 0.05) is 109 Å². The summed E-state index contributed by atoms with van der Waals surface area (Å²) in [4.78, 5) is 136. The molecule has 3 aliphatic carbocycles. The van der Waals surface area contributed by atoms with Gasteiger partial charge in [-0.05, 0) is 50.5 Å². The summed E-state index contributed by atoms with van der Waals surface area (Å²) in [5.41, 5.74) is 1.05. The molecule has 6 heterocycles. The summed E-state index contributed by atoms with van der Waals surface area (Å²) < 4.78 is 47.5. The molecule has 7 aliphatic rings. The molecule has 3 aromatic carbocycles. The number of benzene rings is 3. The summed E-state index contributed by atoms with van der Waals surface area (Å²) in [7, 11) is 4.33. The number of methoxy groups -OCH3 is 2. The zero-order valence-electron chi connectivity index (χ0n) is 59.4. The summed E-state index contributed by atoms with van der Waals surface area (Å²) in [6.07, 6.45) is 4.11. The van der Waals surface area contributed by atoms with Crippen LogP contribution in [-0.2, 0) is 92.0 Å². The van der Waals surface area contributed by atoms with Crippen LogP contribution in [0.1, 0.15) is 153 Å². The Bertz CT molecular complexity index is 4130. The van der Waals surface area contributed by atoms with E-state index in [4.69, 9.17) is 52.8 Å². The van der Waals surface area contributed by atoms with Crippen LogP contribution in [0.4, 0.5) is 0 Å². The number of thiazole rings is 1. The van der Waals surface area contributed by atoms with E-state index in [1.54, 1.807) is 17.5 Å². The summed E-state index contributed by atoms with van der Waals surface area (Å²) in [6.45, 7) is 1.07. The standard InChI is InChI=1S/C72H89N11O20S3/c1-38-68-48(83-18-21-100-71(97-4)70(83)103-68)26-59(101-38)102-50-28-72(95,27-43-61(50)67(93)63-62(65(43)91)64(90)42-12-9-13-49(96-3)60(42)66(63)92)51-37-106-57(81-51)34-82(2)58(89)33-78-56(88)32-77-55(87)31-76-54(86)30-75-53(85)29-74-52(84)16-19-98-22-23-99-20-17-73-69(94)39-14-15-44-45(24-39)80-47-36-105-41-11-8-6-5-7-10-40(25-41)104-35-46(47)79-44/h9,12-15,24,37-38,40-41,48,50,59,68,70-71,91,93,95H,5-8,10-11,16-23,25-36H2,1-4H3,(H,73,94)(H,74,84)(H,75,85)(H,76,86)(H,77,87)(H,78,88)/t38-,40?,41?,48-,50-,59-,68+,70+,71-,72-/m0/s1. The van der Waals surface area contributed by atoms with Crippen LogP contribution in [0.2, 0.25) is 0 Å². The minimum atomic E-state index is -1.95. The molecule has 7 amide bonds. The second-order valence-corrected chi connectivity index (χ2v) is 30.6. The Morgan fingerprint density at radius 1 is 0.726 bits per heavy atom. The fourth-order valence-electron chi connectivity index (χ4n) is 14.4. The van der Waals surface area contributed by atoms with E-state index in [2.05, 4.69) is 36.8 Å². The van der Waals surface area contributed by atoms with Crippen molar-refractivity contribution in [3.05, 3.63) is 103 Å². The second kappa shape index (κ2) is 35.4. The number of rotatable bonds is 27. The van der Waals surface area contributed by atoms with Gasteiger partial charge in [-0.1, -0.05) is 37.8 Å². The van der Waals surface area contributed by atoms with Crippen molar-refractivity contribution in [2.45, 2.75) is 155 Å². The van der Waals surface area contributed by atoms with Crippen LogP contribution < -0.4 is 36.6 Å². The number of thioether (sulfide) groups is 2. The van der Waals surface area contributed by atoms with Gasteiger partial charge in [0.1, 0.15) is 34.0 Å². The molecule has 5 aromatic rings. The van der Waals surface area contributed by atoms with Gasteiger partial charge in [0.15, 0.2) is 24.6 Å². The van der Waals surface area contributed by atoms with Crippen molar-refractivity contribution < 1.29 is 96.4 Å². The Morgan fingerprint density at radius 2 is 1.38 bits per heavy atom. The van der Waals surface area contributed by atoms with E-state index in [0.717, 1.165) is 39.7 Å². The fraction of sp³-hybridized carbons (Fsp3) is 0.556. The lowest BCUT2D eigenvalue weighted by molar-refractivity contribution is -0.256. The molecule has 1 saturated carbocycles. The molecule has 4 fully saturated rings. The highest BCUT2D eigenvalue weighted by Crippen LogP contribution is 2.55. The van der Waals surface area contributed by atoms with Crippen LogP contribution in [0.25, 0.3) is 11.0 Å². The number of carbonyl (C=O) groups is 9. The minimum absolute atomic E-state index is 0.0242. The molecule has 0 spiro atoms. The van der Waals surface area contributed by atoms with Crippen molar-refractivity contribution in [1.82, 2.24) is 56.7 Å². The molecule has 10 atom stereocenters. The maximum Gasteiger partial charge on any atom is 0.251 e. The normalized spacial score (nSPS) is 24.1. The molecule has 2 aromatic heterocycles. The zero-order valence-corrected chi connectivity index (χ0v) is 61.8. The number of phenols is 2. The Balaban J connectivity index is 0.529. The maximum atomic E-state index is 14.4. The van der Waals surface area contributed by atoms with Crippen LogP contribution in [0.5, 0.6) is 17.2 Å². The number of carbonyl (C=O) groups excluding carboxylic acids is 9. The van der Waals surface area contributed by atoms with Crippen LogP contribution in [-0.4, -0.2) is 241 Å². The Kier molecular flexibility index (Phi) is 25.9. The third-order valence-electron chi connectivity index (χ3n) is 19.9. The van der Waals surface area contributed by atoms with E-state index in [1.165, 1.54) is 89.3 Å². The van der Waals surface area contributed by atoms with Gasteiger partial charge in [0.2, 0.25) is 41.2 Å².